The third-order valence-electron chi connectivity index (χ3n) is 8.23. The maximum Gasteiger partial charge on any atom is 2.00 e. The molecule has 3 rings (SSSR count). The summed E-state index contributed by atoms with van der Waals surface area (Å²) in [5.74, 6) is 0. The van der Waals surface area contributed by atoms with Crippen LogP contribution in [0.4, 0.5) is 0 Å². The molecular formula is C40H62N2Ni. The number of hydrogen-bond acceptors (Lipinski definition) is 0. The van der Waals surface area contributed by atoms with E-state index in [1.165, 1.54) is 56.5 Å². The number of benzene rings is 2. The van der Waals surface area contributed by atoms with Crippen molar-refractivity contribution in [3.63, 3.8) is 0 Å². The Labute approximate surface area is 277 Å². The van der Waals surface area contributed by atoms with Crippen LogP contribution in [0, 0.1) is 13.8 Å². The molecule has 0 fully saturated rings. The molecule has 0 radical (unpaired) electrons. The minimum absolute atomic E-state index is 0. The number of aryl methyl sites for hydroxylation is 4. The van der Waals surface area contributed by atoms with Gasteiger partial charge in [0.15, 0.2) is 0 Å². The van der Waals surface area contributed by atoms with E-state index in [4.69, 9.17) is 0 Å². The first-order valence-electron chi connectivity index (χ1n) is 17.1. The fourth-order valence-corrected chi connectivity index (χ4v) is 5.67. The van der Waals surface area contributed by atoms with Crippen molar-refractivity contribution >= 4 is 11.4 Å². The van der Waals surface area contributed by atoms with Crippen molar-refractivity contribution in [1.82, 2.24) is 0 Å². The van der Waals surface area contributed by atoms with Crippen LogP contribution in [-0.2, 0) is 55.0 Å². The quantitative estimate of drug-likeness (QED) is 0.120. The van der Waals surface area contributed by atoms with E-state index in [1.807, 2.05) is 0 Å². The maximum absolute atomic E-state index is 11.6. The van der Waals surface area contributed by atoms with Crippen molar-refractivity contribution in [3.8, 4) is 0 Å². The predicted octanol–water partition coefficient (Wildman–Crippen LogP) is 12.3. The fourth-order valence-electron chi connectivity index (χ4n) is 5.67. The smallest absolute Gasteiger partial charge is 0.493 e. The number of rotatable bonds is 13. The van der Waals surface area contributed by atoms with E-state index in [-0.39, 0.29) is 16.5 Å². The Balaban J connectivity index is 0.00000174. The van der Waals surface area contributed by atoms with E-state index in [1.54, 1.807) is 0 Å². The SMILES string of the molecule is CCCCC1=C(c2cc(CC)c(CC)c(CC)c2)[N+](=[N-])C(c2cc(CC)c(CC)c(CC)c2)=C1.[CH2-]CCC.[CH2-]CCC.[Ni+2]. The number of hydrogen-bond donors (Lipinski definition) is 0. The second-order valence-electron chi connectivity index (χ2n) is 11.2. The maximum atomic E-state index is 11.6. The standard InChI is InChI=1S/C32H44N2.2C4H9.Ni/c1-8-15-16-26-21-31(27-17-22(9-2)29(13-6)23(10-3)18-27)34(33)32(26)28-19-24(11-4)30(14-7)25(12-5)20-28;2*1-3-4-2;/h17-21H,8-16H2,1-7H3;2*1,3-4H2,2H3;/q;2*-1;+2. The van der Waals surface area contributed by atoms with Crippen molar-refractivity contribution in [2.24, 2.45) is 0 Å². The Morgan fingerprint density at radius 3 is 1.26 bits per heavy atom. The van der Waals surface area contributed by atoms with Gasteiger partial charge in [-0.2, -0.15) is 12.8 Å². The molecule has 43 heavy (non-hydrogen) atoms. The molecule has 2 nitrogen and oxygen atoms in total. The molecule has 0 spiro atoms. The molecule has 0 saturated heterocycles. The van der Waals surface area contributed by atoms with Crippen LogP contribution in [0.25, 0.3) is 16.9 Å². The van der Waals surface area contributed by atoms with Gasteiger partial charge in [-0.1, -0.05) is 81.6 Å². The summed E-state index contributed by atoms with van der Waals surface area (Å²) < 4.78 is 1.49. The van der Waals surface area contributed by atoms with E-state index in [0.29, 0.717) is 0 Å². The zero-order valence-electron chi connectivity index (χ0n) is 29.2. The first-order chi connectivity index (χ1) is 20.3. The normalized spacial score (nSPS) is 12.3. The first kappa shape index (κ1) is 41.0. The zero-order chi connectivity index (χ0) is 31.7. The van der Waals surface area contributed by atoms with Gasteiger partial charge in [0.05, 0.1) is 0 Å². The van der Waals surface area contributed by atoms with Crippen molar-refractivity contribution < 1.29 is 21.2 Å². The molecule has 0 saturated carbocycles. The molecule has 1 heterocycles. The van der Waals surface area contributed by atoms with Crippen LogP contribution in [0.1, 0.15) is 152 Å². The van der Waals surface area contributed by atoms with Gasteiger partial charge in [0.2, 0.25) is 11.4 Å². The third kappa shape index (κ3) is 11.1. The number of unbranched alkanes of at least 4 members (excludes halogenated alkanes) is 3. The fraction of sp³-hybridized carbons (Fsp3) is 0.550. The van der Waals surface area contributed by atoms with Crippen LogP contribution in [-0.4, -0.2) is 4.70 Å². The van der Waals surface area contributed by atoms with Crippen LogP contribution in [0.3, 0.4) is 0 Å². The molecule has 0 unspecified atom stereocenters. The Kier molecular flexibility index (Phi) is 21.5. The predicted molar refractivity (Wildman–Crippen MR) is 188 cm³/mol. The minimum Gasteiger partial charge on any atom is -0.493 e. The molecular weight excluding hydrogens is 567 g/mol. The van der Waals surface area contributed by atoms with Crippen molar-refractivity contribution in [1.29, 1.82) is 0 Å². The van der Waals surface area contributed by atoms with E-state index < -0.39 is 0 Å². The van der Waals surface area contributed by atoms with E-state index in [2.05, 4.69) is 107 Å². The van der Waals surface area contributed by atoms with Gasteiger partial charge in [-0.25, -0.2) is 4.70 Å². The largest absolute Gasteiger partial charge is 2.00 e. The summed E-state index contributed by atoms with van der Waals surface area (Å²) in [6.45, 7) is 27.1. The number of nitrogens with zero attached hydrogens (tertiary/aromatic N) is 2. The van der Waals surface area contributed by atoms with Gasteiger partial charge >= 0.3 is 16.5 Å². The average Bonchev–Trinajstić information content (AvgIpc) is 3.37. The topological polar surface area (TPSA) is 25.3 Å². The second-order valence-corrected chi connectivity index (χ2v) is 11.2. The first-order valence-corrected chi connectivity index (χ1v) is 17.1. The molecule has 2 aromatic carbocycles. The monoisotopic (exact) mass is 628 g/mol. The van der Waals surface area contributed by atoms with E-state index in [0.717, 1.165) is 93.2 Å². The van der Waals surface area contributed by atoms with Crippen molar-refractivity contribution in [3.05, 3.63) is 99.8 Å². The minimum atomic E-state index is 0. The molecule has 0 amide bonds. The molecule has 0 N–H and O–H groups in total. The third-order valence-corrected chi connectivity index (χ3v) is 8.23. The van der Waals surface area contributed by atoms with Crippen molar-refractivity contribution in [2.45, 2.75) is 146 Å². The zero-order valence-corrected chi connectivity index (χ0v) is 30.2. The van der Waals surface area contributed by atoms with Crippen LogP contribution in [0.5, 0.6) is 0 Å². The van der Waals surface area contributed by atoms with Crippen LogP contribution < -0.4 is 0 Å². The molecule has 1 aliphatic rings. The Morgan fingerprint density at radius 1 is 0.581 bits per heavy atom. The summed E-state index contributed by atoms with van der Waals surface area (Å²) in [6, 6.07) is 9.27. The van der Waals surface area contributed by atoms with Crippen LogP contribution >= 0.6 is 0 Å². The summed E-state index contributed by atoms with van der Waals surface area (Å²) in [5.41, 5.74) is 25.7. The molecule has 3 heteroatoms. The molecule has 0 aromatic heterocycles. The summed E-state index contributed by atoms with van der Waals surface area (Å²) >= 11 is 0. The summed E-state index contributed by atoms with van der Waals surface area (Å²) in [5, 5.41) is 0. The van der Waals surface area contributed by atoms with Crippen LogP contribution in [0.2, 0.25) is 0 Å². The van der Waals surface area contributed by atoms with Gasteiger partial charge in [0.1, 0.15) is 0 Å². The van der Waals surface area contributed by atoms with Crippen LogP contribution in [0.15, 0.2) is 35.9 Å². The van der Waals surface area contributed by atoms with Gasteiger partial charge in [0, 0.05) is 22.8 Å². The van der Waals surface area contributed by atoms with E-state index >= 15 is 0 Å². The van der Waals surface area contributed by atoms with Gasteiger partial charge in [-0.3, -0.25) is 0 Å². The summed E-state index contributed by atoms with van der Waals surface area (Å²) in [4.78, 5) is 0. The molecule has 0 aliphatic carbocycles. The summed E-state index contributed by atoms with van der Waals surface area (Å²) in [7, 11) is 0. The van der Waals surface area contributed by atoms with Gasteiger partial charge in [-0.15, -0.1) is 0 Å². The van der Waals surface area contributed by atoms with Crippen molar-refractivity contribution in [2.75, 3.05) is 0 Å². The molecule has 0 bridgehead atoms. The molecule has 0 atom stereocenters. The Bertz CT molecular complexity index is 1130. The summed E-state index contributed by atoms with van der Waals surface area (Å²) in [6.07, 6.45) is 16.2. The Morgan fingerprint density at radius 2 is 0.953 bits per heavy atom. The Hall–Kier alpha value is -1.99. The molecule has 1 aliphatic heterocycles. The number of allylic oxidation sites excluding steroid dienone is 2. The molecule has 2 aromatic rings. The second kappa shape index (κ2) is 22.5. The average molecular weight is 630 g/mol. The van der Waals surface area contributed by atoms with Gasteiger partial charge in [-0.05, 0) is 109 Å². The molecule has 242 valence electrons. The van der Waals surface area contributed by atoms with Gasteiger partial charge < -0.3 is 19.4 Å². The van der Waals surface area contributed by atoms with Gasteiger partial charge in [0.25, 0.3) is 0 Å². The van der Waals surface area contributed by atoms with E-state index in [9.17, 15) is 5.53 Å².